The summed E-state index contributed by atoms with van der Waals surface area (Å²) in [5.41, 5.74) is -6.46. The first kappa shape index (κ1) is 26.3. The molecule has 0 radical (unpaired) electrons. The Morgan fingerprint density at radius 2 is 1.59 bits per heavy atom. The first-order chi connectivity index (χ1) is 15.6. The summed E-state index contributed by atoms with van der Waals surface area (Å²) >= 11 is 0. The third-order valence-corrected chi connectivity index (χ3v) is 6.04. The maximum atomic E-state index is 15.9. The molecule has 34 heavy (non-hydrogen) atoms. The van der Waals surface area contributed by atoms with Crippen LogP contribution in [0.5, 0.6) is 5.75 Å². The van der Waals surface area contributed by atoms with Gasteiger partial charge in [-0.05, 0) is 24.6 Å². The average molecular weight is 492 g/mol. The molecule has 0 aliphatic carbocycles. The van der Waals surface area contributed by atoms with Crippen LogP contribution in [0.3, 0.4) is 0 Å². The highest BCUT2D eigenvalue weighted by atomic mass is 19.4. The van der Waals surface area contributed by atoms with Gasteiger partial charge in [0.1, 0.15) is 11.9 Å². The van der Waals surface area contributed by atoms with E-state index in [4.69, 9.17) is 4.74 Å². The van der Waals surface area contributed by atoms with E-state index in [1.165, 1.54) is 30.3 Å². The number of hydrogen-bond donors (Lipinski definition) is 6. The van der Waals surface area contributed by atoms with E-state index in [1.807, 2.05) is 0 Å². The number of rotatable bonds is 6. The van der Waals surface area contributed by atoms with Gasteiger partial charge in [0, 0.05) is 12.0 Å². The molecule has 6 N–H and O–H groups in total. The molecule has 1 aliphatic rings. The van der Waals surface area contributed by atoms with E-state index in [0.29, 0.717) is 0 Å². The molecule has 1 fully saturated rings. The summed E-state index contributed by atoms with van der Waals surface area (Å²) in [4.78, 5) is 0. The standard InChI is InChI=1S/C22H24F4O8/c1-13(28)18(12-27)17(29)20(23,31)19(30,21(32,34-18)15-5-3-2-4-6-15)11-14-7-9-16(10-8-14)33-22(24,25)26/h2-10,13,17,27-32H,11-12H2,1H3/t13-,17+,18+,19+,20-,21+/m0/s1. The summed E-state index contributed by atoms with van der Waals surface area (Å²) in [5.74, 6) is -7.90. The van der Waals surface area contributed by atoms with Gasteiger partial charge in [0.2, 0.25) is 5.79 Å². The van der Waals surface area contributed by atoms with E-state index in [9.17, 15) is 43.8 Å². The van der Waals surface area contributed by atoms with Gasteiger partial charge in [0.15, 0.2) is 11.2 Å². The molecule has 0 spiro atoms. The Morgan fingerprint density at radius 1 is 1.03 bits per heavy atom. The molecule has 1 heterocycles. The zero-order valence-corrected chi connectivity index (χ0v) is 17.8. The van der Waals surface area contributed by atoms with Crippen molar-refractivity contribution in [2.45, 2.75) is 54.8 Å². The first-order valence-electron chi connectivity index (χ1n) is 10.1. The summed E-state index contributed by atoms with van der Waals surface area (Å²) < 4.78 is 62.4. The van der Waals surface area contributed by atoms with Crippen LogP contribution < -0.4 is 4.74 Å². The molecule has 188 valence electrons. The molecule has 0 unspecified atom stereocenters. The van der Waals surface area contributed by atoms with Gasteiger partial charge in [-0.1, -0.05) is 42.5 Å². The highest BCUT2D eigenvalue weighted by Gasteiger charge is 2.77. The molecule has 2 aromatic carbocycles. The average Bonchev–Trinajstić information content (AvgIpc) is 2.76. The van der Waals surface area contributed by atoms with Crippen molar-refractivity contribution in [3.8, 4) is 5.75 Å². The van der Waals surface area contributed by atoms with Crippen LogP contribution >= 0.6 is 0 Å². The molecule has 0 bridgehead atoms. The Balaban J connectivity index is 2.14. The Morgan fingerprint density at radius 3 is 2.06 bits per heavy atom. The van der Waals surface area contributed by atoms with Gasteiger partial charge in [0.25, 0.3) is 5.85 Å². The van der Waals surface area contributed by atoms with E-state index in [0.717, 1.165) is 31.2 Å². The number of benzene rings is 2. The van der Waals surface area contributed by atoms with Gasteiger partial charge in [-0.15, -0.1) is 13.2 Å². The molecular weight excluding hydrogens is 468 g/mol. The van der Waals surface area contributed by atoms with Crippen molar-refractivity contribution in [2.75, 3.05) is 6.61 Å². The predicted molar refractivity (Wildman–Crippen MR) is 107 cm³/mol. The summed E-state index contributed by atoms with van der Waals surface area (Å²) in [6, 6.07) is 10.4. The zero-order valence-electron chi connectivity index (χ0n) is 17.8. The van der Waals surface area contributed by atoms with Crippen LogP contribution in [-0.2, 0) is 16.9 Å². The number of aliphatic hydroxyl groups is 6. The lowest BCUT2D eigenvalue weighted by Crippen LogP contribution is -2.82. The quantitative estimate of drug-likeness (QED) is 0.327. The van der Waals surface area contributed by atoms with E-state index in [2.05, 4.69) is 4.74 Å². The lowest BCUT2D eigenvalue weighted by atomic mass is 9.67. The zero-order chi connectivity index (χ0) is 25.6. The number of ether oxygens (including phenoxy) is 2. The minimum absolute atomic E-state index is 0.0909. The monoisotopic (exact) mass is 492 g/mol. The van der Waals surface area contributed by atoms with E-state index < -0.39 is 60.2 Å². The van der Waals surface area contributed by atoms with E-state index in [-0.39, 0.29) is 11.1 Å². The third-order valence-electron chi connectivity index (χ3n) is 6.04. The van der Waals surface area contributed by atoms with Gasteiger partial charge < -0.3 is 40.1 Å². The van der Waals surface area contributed by atoms with Crippen molar-refractivity contribution in [1.82, 2.24) is 0 Å². The van der Waals surface area contributed by atoms with Crippen LogP contribution in [0.1, 0.15) is 18.1 Å². The van der Waals surface area contributed by atoms with Crippen molar-refractivity contribution in [2.24, 2.45) is 0 Å². The summed E-state index contributed by atoms with van der Waals surface area (Å²) in [7, 11) is 0. The second-order valence-electron chi connectivity index (χ2n) is 8.21. The lowest BCUT2D eigenvalue weighted by Gasteiger charge is -2.60. The summed E-state index contributed by atoms with van der Waals surface area (Å²) in [6.07, 6.45) is -10.6. The maximum Gasteiger partial charge on any atom is 0.573 e. The molecule has 0 amide bonds. The van der Waals surface area contributed by atoms with Crippen LogP contribution in [0, 0.1) is 0 Å². The molecule has 12 heteroatoms. The number of hydrogen-bond acceptors (Lipinski definition) is 8. The Kier molecular flexibility index (Phi) is 6.74. The minimum Gasteiger partial charge on any atom is -0.406 e. The molecule has 1 saturated heterocycles. The van der Waals surface area contributed by atoms with Crippen LogP contribution in [0.15, 0.2) is 54.6 Å². The van der Waals surface area contributed by atoms with E-state index in [1.54, 1.807) is 0 Å². The molecular formula is C22H24F4O8. The molecule has 1 aliphatic heterocycles. The van der Waals surface area contributed by atoms with Crippen molar-refractivity contribution < 1.29 is 57.7 Å². The highest BCUT2D eigenvalue weighted by Crippen LogP contribution is 2.54. The Bertz CT molecular complexity index is 985. The fourth-order valence-electron chi connectivity index (χ4n) is 4.08. The minimum atomic E-state index is -4.97. The lowest BCUT2D eigenvalue weighted by molar-refractivity contribution is -0.481. The van der Waals surface area contributed by atoms with Crippen molar-refractivity contribution in [3.05, 3.63) is 65.7 Å². The number of halogens is 4. The van der Waals surface area contributed by atoms with Crippen LogP contribution in [0.4, 0.5) is 17.6 Å². The summed E-state index contributed by atoms with van der Waals surface area (Å²) in [5, 5.41) is 64.3. The second kappa shape index (κ2) is 8.72. The van der Waals surface area contributed by atoms with Gasteiger partial charge in [-0.3, -0.25) is 0 Å². The fraction of sp³-hybridized carbons (Fsp3) is 0.455. The normalized spacial score (nSPS) is 35.1. The van der Waals surface area contributed by atoms with Crippen molar-refractivity contribution in [3.63, 3.8) is 0 Å². The predicted octanol–water partition coefficient (Wildman–Crippen LogP) is 0.865. The van der Waals surface area contributed by atoms with Gasteiger partial charge >= 0.3 is 6.36 Å². The van der Waals surface area contributed by atoms with Crippen molar-refractivity contribution >= 4 is 0 Å². The maximum absolute atomic E-state index is 15.9. The molecule has 0 saturated carbocycles. The smallest absolute Gasteiger partial charge is 0.406 e. The Hall–Kier alpha value is -2.32. The topological polar surface area (TPSA) is 140 Å². The molecule has 8 nitrogen and oxygen atoms in total. The van der Waals surface area contributed by atoms with Crippen LogP contribution in [0.2, 0.25) is 0 Å². The van der Waals surface area contributed by atoms with Gasteiger partial charge in [-0.2, -0.15) is 0 Å². The van der Waals surface area contributed by atoms with Gasteiger partial charge in [0.05, 0.1) is 12.7 Å². The highest BCUT2D eigenvalue weighted by molar-refractivity contribution is 5.34. The van der Waals surface area contributed by atoms with E-state index >= 15 is 4.39 Å². The number of alkyl halides is 4. The van der Waals surface area contributed by atoms with Gasteiger partial charge in [-0.25, -0.2) is 4.39 Å². The van der Waals surface area contributed by atoms with Crippen LogP contribution in [-0.4, -0.2) is 72.9 Å². The Labute approximate surface area is 191 Å². The molecule has 2 aromatic rings. The molecule has 0 aromatic heterocycles. The molecule has 6 atom stereocenters. The van der Waals surface area contributed by atoms with Crippen LogP contribution in [0.25, 0.3) is 0 Å². The second-order valence-corrected chi connectivity index (χ2v) is 8.21. The largest absolute Gasteiger partial charge is 0.573 e. The number of aliphatic hydroxyl groups excluding tert-OH is 3. The van der Waals surface area contributed by atoms with Crippen molar-refractivity contribution in [1.29, 1.82) is 0 Å². The SMILES string of the molecule is C[C@H](O)[C@@]1(CO)O[C@](O)(c2ccccc2)[C@@](O)(Cc2ccc(OC(F)(F)F)cc2)[C@](O)(F)[C@@H]1O. The first-order valence-corrected chi connectivity index (χ1v) is 10.1. The fourth-order valence-corrected chi connectivity index (χ4v) is 4.08. The molecule has 3 rings (SSSR count). The summed E-state index contributed by atoms with van der Waals surface area (Å²) in [6.45, 7) is -0.266. The third kappa shape index (κ3) is 4.15.